The van der Waals surface area contributed by atoms with Gasteiger partial charge in [0.1, 0.15) is 5.75 Å². The molecule has 0 aliphatic heterocycles. The third kappa shape index (κ3) is 5.08. The maximum absolute atomic E-state index is 12.8. The van der Waals surface area contributed by atoms with Crippen molar-refractivity contribution < 1.29 is 9.53 Å². The van der Waals surface area contributed by atoms with E-state index in [0.29, 0.717) is 10.8 Å². The molecule has 0 aliphatic rings. The third-order valence-corrected chi connectivity index (χ3v) is 4.48. The van der Waals surface area contributed by atoms with Crippen LogP contribution < -0.4 is 4.74 Å². The van der Waals surface area contributed by atoms with Gasteiger partial charge in [-0.05, 0) is 35.9 Å². The number of benzene rings is 2. The van der Waals surface area contributed by atoms with Crippen LogP contribution in [0.4, 0.5) is 0 Å². The molecule has 1 aromatic heterocycles. The second-order valence-corrected chi connectivity index (χ2v) is 6.56. The predicted molar refractivity (Wildman–Crippen MR) is 107 cm³/mol. The predicted octanol–water partition coefficient (Wildman–Crippen LogP) is 4.75. The number of hydrogen-bond acceptors (Lipinski definition) is 3. The molecule has 0 N–H and O–H groups in total. The minimum absolute atomic E-state index is 0.0171. The molecule has 1 atom stereocenters. The van der Waals surface area contributed by atoms with E-state index in [4.69, 9.17) is 16.3 Å². The van der Waals surface area contributed by atoms with Crippen LogP contribution in [-0.2, 0) is 4.79 Å². The number of nitrogens with zero attached hydrogens (tertiary/aromatic N) is 2. The average Bonchev–Trinajstić information content (AvgIpc) is 2.70. The Bertz CT molecular complexity index is 832. The van der Waals surface area contributed by atoms with E-state index in [9.17, 15) is 4.79 Å². The summed E-state index contributed by atoms with van der Waals surface area (Å²) in [5.41, 5.74) is 1.85. The van der Waals surface area contributed by atoms with Gasteiger partial charge in [0, 0.05) is 18.3 Å². The molecule has 1 amide bonds. The summed E-state index contributed by atoms with van der Waals surface area (Å²) in [7, 11) is 1.80. The van der Waals surface area contributed by atoms with Crippen LogP contribution in [0.1, 0.15) is 23.7 Å². The van der Waals surface area contributed by atoms with Gasteiger partial charge < -0.3 is 9.64 Å². The van der Waals surface area contributed by atoms with E-state index in [0.717, 1.165) is 11.3 Å². The number of aromatic nitrogens is 1. The number of ether oxygens (including phenoxy) is 1. The van der Waals surface area contributed by atoms with Gasteiger partial charge in [0.25, 0.3) is 0 Å². The minimum atomic E-state index is -0.244. The van der Waals surface area contributed by atoms with Gasteiger partial charge in [-0.25, -0.2) is 0 Å². The highest BCUT2D eigenvalue weighted by Crippen LogP contribution is 2.26. The fraction of sp³-hybridized carbons (Fsp3) is 0.182. The summed E-state index contributed by atoms with van der Waals surface area (Å²) in [5, 5.41) is 0.607. The fourth-order valence-corrected chi connectivity index (χ4v) is 3.08. The molecular weight excluding hydrogens is 360 g/mol. The van der Waals surface area contributed by atoms with Crippen LogP contribution in [0, 0.1) is 0 Å². The highest BCUT2D eigenvalue weighted by molar-refractivity contribution is 6.30. The van der Waals surface area contributed by atoms with Gasteiger partial charge in [-0.2, -0.15) is 0 Å². The van der Waals surface area contributed by atoms with Crippen LogP contribution in [0.15, 0.2) is 79.0 Å². The van der Waals surface area contributed by atoms with Crippen LogP contribution in [-0.4, -0.2) is 29.4 Å². The molecule has 0 spiro atoms. The Balaban J connectivity index is 1.70. The molecule has 3 aromatic rings. The number of halogens is 1. The second kappa shape index (κ2) is 9.19. The topological polar surface area (TPSA) is 42.4 Å². The van der Waals surface area contributed by atoms with Crippen LogP contribution in [0.25, 0.3) is 0 Å². The zero-order chi connectivity index (χ0) is 19.1. The van der Waals surface area contributed by atoms with Gasteiger partial charge in [0.2, 0.25) is 5.91 Å². The molecule has 1 unspecified atom stereocenters. The van der Waals surface area contributed by atoms with E-state index >= 15 is 0 Å². The molecule has 0 aliphatic carbocycles. The van der Waals surface area contributed by atoms with Gasteiger partial charge in [-0.15, -0.1) is 0 Å². The van der Waals surface area contributed by atoms with Gasteiger partial charge in [-0.3, -0.25) is 9.78 Å². The van der Waals surface area contributed by atoms with Crippen molar-refractivity contribution >= 4 is 17.5 Å². The number of rotatable bonds is 7. The average molecular weight is 381 g/mol. The Labute approximate surface area is 164 Å². The summed E-state index contributed by atoms with van der Waals surface area (Å²) in [6, 6.07) is 22.5. The standard InChI is InChI=1S/C22H21ClN2O2/c1-25(21(26)13-15-27-19-11-7-10-18(23)16-19)22(17-8-3-2-4-9-17)20-12-5-6-14-24-20/h2-12,14,16,22H,13,15H2,1H3. The first-order valence-electron chi connectivity index (χ1n) is 8.75. The SMILES string of the molecule is CN(C(=O)CCOc1cccc(Cl)c1)C(c1ccccc1)c1ccccn1. The fourth-order valence-electron chi connectivity index (χ4n) is 2.90. The van der Waals surface area contributed by atoms with Crippen molar-refractivity contribution in [3.8, 4) is 5.75 Å². The highest BCUT2D eigenvalue weighted by Gasteiger charge is 2.24. The first kappa shape index (κ1) is 18.9. The summed E-state index contributed by atoms with van der Waals surface area (Å²) in [4.78, 5) is 19.0. The Morgan fingerprint density at radius 3 is 2.56 bits per heavy atom. The maximum Gasteiger partial charge on any atom is 0.226 e. The van der Waals surface area contributed by atoms with Crippen molar-refractivity contribution in [2.45, 2.75) is 12.5 Å². The smallest absolute Gasteiger partial charge is 0.226 e. The minimum Gasteiger partial charge on any atom is -0.493 e. The van der Waals surface area contributed by atoms with E-state index in [1.54, 1.807) is 30.3 Å². The second-order valence-electron chi connectivity index (χ2n) is 6.13. The normalized spacial score (nSPS) is 11.6. The molecule has 27 heavy (non-hydrogen) atoms. The van der Waals surface area contributed by atoms with Crippen molar-refractivity contribution in [2.75, 3.05) is 13.7 Å². The number of carbonyl (C=O) groups is 1. The van der Waals surface area contributed by atoms with Crippen LogP contribution in [0.3, 0.4) is 0 Å². The van der Waals surface area contributed by atoms with Gasteiger partial charge in [0.15, 0.2) is 0 Å². The summed E-state index contributed by atoms with van der Waals surface area (Å²) in [5.74, 6) is 0.638. The maximum atomic E-state index is 12.8. The zero-order valence-electron chi connectivity index (χ0n) is 15.1. The quantitative estimate of drug-likeness (QED) is 0.594. The van der Waals surface area contributed by atoms with E-state index in [2.05, 4.69) is 4.98 Å². The summed E-state index contributed by atoms with van der Waals surface area (Å²) in [6.45, 7) is 0.285. The molecule has 0 bridgehead atoms. The first-order chi connectivity index (χ1) is 13.1. The lowest BCUT2D eigenvalue weighted by molar-refractivity contribution is -0.132. The molecule has 5 heteroatoms. The van der Waals surface area contributed by atoms with Crippen molar-refractivity contribution in [1.82, 2.24) is 9.88 Å². The van der Waals surface area contributed by atoms with E-state index in [1.165, 1.54) is 0 Å². The lowest BCUT2D eigenvalue weighted by Gasteiger charge is -2.28. The van der Waals surface area contributed by atoms with Crippen molar-refractivity contribution in [3.63, 3.8) is 0 Å². The molecular formula is C22H21ClN2O2. The molecule has 0 saturated carbocycles. The largest absolute Gasteiger partial charge is 0.493 e. The van der Waals surface area contributed by atoms with Gasteiger partial charge in [0.05, 0.1) is 24.8 Å². The Morgan fingerprint density at radius 1 is 1.07 bits per heavy atom. The summed E-state index contributed by atoms with van der Waals surface area (Å²) < 4.78 is 5.65. The first-order valence-corrected chi connectivity index (χ1v) is 9.13. The van der Waals surface area contributed by atoms with Crippen molar-refractivity contribution in [3.05, 3.63) is 95.3 Å². The lowest BCUT2D eigenvalue weighted by atomic mass is 10.0. The zero-order valence-corrected chi connectivity index (χ0v) is 15.8. The van der Waals surface area contributed by atoms with E-state index < -0.39 is 0 Å². The van der Waals surface area contributed by atoms with Crippen LogP contribution >= 0.6 is 11.6 Å². The van der Waals surface area contributed by atoms with Gasteiger partial charge in [-0.1, -0.05) is 54.1 Å². The highest BCUT2D eigenvalue weighted by atomic mass is 35.5. The van der Waals surface area contributed by atoms with Crippen molar-refractivity contribution in [2.24, 2.45) is 0 Å². The number of pyridine rings is 1. The molecule has 1 heterocycles. The molecule has 138 valence electrons. The van der Waals surface area contributed by atoms with E-state index in [-0.39, 0.29) is 25.0 Å². The summed E-state index contributed by atoms with van der Waals surface area (Å²) >= 11 is 5.95. The molecule has 0 radical (unpaired) electrons. The molecule has 0 saturated heterocycles. The number of carbonyl (C=O) groups excluding carboxylic acids is 1. The molecule has 2 aromatic carbocycles. The number of hydrogen-bond donors (Lipinski definition) is 0. The van der Waals surface area contributed by atoms with Crippen LogP contribution in [0.2, 0.25) is 5.02 Å². The third-order valence-electron chi connectivity index (χ3n) is 4.24. The van der Waals surface area contributed by atoms with Crippen LogP contribution in [0.5, 0.6) is 5.75 Å². The monoisotopic (exact) mass is 380 g/mol. The van der Waals surface area contributed by atoms with Crippen molar-refractivity contribution in [1.29, 1.82) is 0 Å². The Hall–Kier alpha value is -2.85. The molecule has 3 rings (SSSR count). The molecule has 4 nitrogen and oxygen atoms in total. The Kier molecular flexibility index (Phi) is 6.44. The lowest BCUT2D eigenvalue weighted by Crippen LogP contribution is -2.33. The molecule has 0 fully saturated rings. The van der Waals surface area contributed by atoms with E-state index in [1.807, 2.05) is 60.7 Å². The van der Waals surface area contributed by atoms with Gasteiger partial charge >= 0.3 is 0 Å². The summed E-state index contributed by atoms with van der Waals surface area (Å²) in [6.07, 6.45) is 2.00. The number of amides is 1. The Morgan fingerprint density at radius 2 is 1.85 bits per heavy atom.